The summed E-state index contributed by atoms with van der Waals surface area (Å²) in [6.07, 6.45) is 2.59. The van der Waals surface area contributed by atoms with Crippen LogP contribution in [0.4, 0.5) is 5.69 Å². The first kappa shape index (κ1) is 15.7. The molecule has 0 saturated carbocycles. The first-order valence-corrected chi connectivity index (χ1v) is 9.08. The van der Waals surface area contributed by atoms with Crippen LogP contribution in [0.3, 0.4) is 0 Å². The fraction of sp³-hybridized carbons (Fsp3) is 0.188. The van der Waals surface area contributed by atoms with E-state index < -0.39 is 0 Å². The van der Waals surface area contributed by atoms with Crippen LogP contribution in [0.5, 0.6) is 0 Å². The molecule has 122 valence electrons. The Labute approximate surface area is 152 Å². The normalized spacial score (nSPS) is 13.5. The third-order valence-corrected chi connectivity index (χ3v) is 5.32. The molecule has 0 aliphatic carbocycles. The van der Waals surface area contributed by atoms with Gasteiger partial charge in [0, 0.05) is 18.4 Å². The molecule has 0 N–H and O–H groups in total. The molecule has 1 amide bonds. The molecule has 1 aliphatic heterocycles. The van der Waals surface area contributed by atoms with Gasteiger partial charge in [0.2, 0.25) is 5.91 Å². The van der Waals surface area contributed by atoms with Crippen LogP contribution in [0.25, 0.3) is 5.65 Å². The quantitative estimate of drug-likeness (QED) is 0.651. The third kappa shape index (κ3) is 2.75. The van der Waals surface area contributed by atoms with E-state index in [-0.39, 0.29) is 11.7 Å². The topological polar surface area (TPSA) is 50.5 Å². The number of pyridine rings is 1. The van der Waals surface area contributed by atoms with E-state index in [1.807, 2.05) is 23.1 Å². The van der Waals surface area contributed by atoms with E-state index in [9.17, 15) is 4.79 Å². The standard InChI is InChI=1S/C16H12Cl2N4OS/c17-11-7-12(18)15-19-20-16(22(15)8-11)24-9-14(23)21-6-5-10-3-1-2-4-13(10)21/h1-4,7-8H,5-6,9H2. The van der Waals surface area contributed by atoms with Crippen molar-refractivity contribution < 1.29 is 4.79 Å². The van der Waals surface area contributed by atoms with E-state index in [1.165, 1.54) is 17.3 Å². The SMILES string of the molecule is O=C(CSc1nnc2c(Cl)cc(Cl)cn12)N1CCc2ccccc21. The van der Waals surface area contributed by atoms with E-state index >= 15 is 0 Å². The second kappa shape index (κ2) is 6.27. The number of aromatic nitrogens is 3. The smallest absolute Gasteiger partial charge is 0.237 e. The van der Waals surface area contributed by atoms with Gasteiger partial charge in [0.15, 0.2) is 10.8 Å². The number of para-hydroxylation sites is 1. The molecule has 0 radical (unpaired) electrons. The summed E-state index contributed by atoms with van der Waals surface area (Å²) in [6, 6.07) is 9.61. The Kier molecular flexibility index (Phi) is 4.12. The van der Waals surface area contributed by atoms with E-state index in [0.29, 0.717) is 20.8 Å². The average molecular weight is 379 g/mol. The van der Waals surface area contributed by atoms with Gasteiger partial charge in [-0.1, -0.05) is 53.2 Å². The molecule has 0 spiro atoms. The van der Waals surface area contributed by atoms with Crippen molar-refractivity contribution in [1.82, 2.24) is 14.6 Å². The number of carbonyl (C=O) groups is 1. The van der Waals surface area contributed by atoms with Crippen LogP contribution in [0.1, 0.15) is 5.56 Å². The minimum Gasteiger partial charge on any atom is -0.311 e. The van der Waals surface area contributed by atoms with Gasteiger partial charge in [-0.3, -0.25) is 9.20 Å². The molecule has 4 rings (SSSR count). The van der Waals surface area contributed by atoms with Gasteiger partial charge >= 0.3 is 0 Å². The number of benzene rings is 1. The summed E-state index contributed by atoms with van der Waals surface area (Å²) in [5.41, 5.74) is 2.74. The highest BCUT2D eigenvalue weighted by atomic mass is 35.5. The minimum atomic E-state index is 0.0508. The van der Waals surface area contributed by atoms with Crippen molar-refractivity contribution in [3.8, 4) is 0 Å². The van der Waals surface area contributed by atoms with Crippen molar-refractivity contribution in [2.45, 2.75) is 11.6 Å². The largest absolute Gasteiger partial charge is 0.311 e. The zero-order valence-electron chi connectivity index (χ0n) is 12.4. The van der Waals surface area contributed by atoms with Gasteiger partial charge in [-0.25, -0.2) is 0 Å². The van der Waals surface area contributed by atoms with Gasteiger partial charge in [0.1, 0.15) is 0 Å². The van der Waals surface area contributed by atoms with Gasteiger partial charge in [-0.2, -0.15) is 0 Å². The van der Waals surface area contributed by atoms with Crippen molar-refractivity contribution in [2.24, 2.45) is 0 Å². The maximum absolute atomic E-state index is 12.6. The van der Waals surface area contributed by atoms with E-state index in [1.54, 1.807) is 16.7 Å². The van der Waals surface area contributed by atoms with Gasteiger partial charge in [0.05, 0.1) is 15.8 Å². The lowest BCUT2D eigenvalue weighted by atomic mass is 10.2. The summed E-state index contributed by atoms with van der Waals surface area (Å²) in [5.74, 6) is 0.328. The molecule has 3 heterocycles. The molecule has 5 nitrogen and oxygen atoms in total. The third-order valence-electron chi connectivity index (χ3n) is 3.91. The maximum atomic E-state index is 12.6. The molecule has 1 aliphatic rings. The minimum absolute atomic E-state index is 0.0508. The van der Waals surface area contributed by atoms with Crippen LogP contribution in [0.15, 0.2) is 41.7 Å². The predicted octanol–water partition coefficient (Wildman–Crippen LogP) is 3.72. The summed E-state index contributed by atoms with van der Waals surface area (Å²) < 4.78 is 1.71. The number of hydrogen-bond acceptors (Lipinski definition) is 4. The van der Waals surface area contributed by atoms with Crippen LogP contribution in [0, 0.1) is 0 Å². The molecule has 3 aromatic rings. The lowest BCUT2D eigenvalue weighted by molar-refractivity contribution is -0.116. The molecule has 0 fully saturated rings. The van der Waals surface area contributed by atoms with E-state index in [4.69, 9.17) is 23.2 Å². The number of thioether (sulfide) groups is 1. The molecule has 24 heavy (non-hydrogen) atoms. The molecule has 2 aromatic heterocycles. The van der Waals surface area contributed by atoms with Gasteiger partial charge < -0.3 is 4.90 Å². The fourth-order valence-electron chi connectivity index (χ4n) is 2.80. The van der Waals surface area contributed by atoms with Gasteiger partial charge in [-0.15, -0.1) is 10.2 Å². The number of anilines is 1. The molecular formula is C16H12Cl2N4OS. The molecule has 8 heteroatoms. The number of nitrogens with zero attached hydrogens (tertiary/aromatic N) is 4. The highest BCUT2D eigenvalue weighted by molar-refractivity contribution is 7.99. The Balaban J connectivity index is 1.53. The highest BCUT2D eigenvalue weighted by Crippen LogP contribution is 2.29. The van der Waals surface area contributed by atoms with Crippen molar-refractivity contribution in [3.05, 3.63) is 52.1 Å². The first-order chi connectivity index (χ1) is 11.6. The summed E-state index contributed by atoms with van der Waals surface area (Å²) in [7, 11) is 0. The molecule has 0 unspecified atom stereocenters. The second-order valence-corrected chi connectivity index (χ2v) is 7.18. The van der Waals surface area contributed by atoms with E-state index in [2.05, 4.69) is 16.3 Å². The highest BCUT2D eigenvalue weighted by Gasteiger charge is 2.24. The molecular weight excluding hydrogens is 367 g/mol. The average Bonchev–Trinajstić information content (AvgIpc) is 3.16. The van der Waals surface area contributed by atoms with Crippen LogP contribution < -0.4 is 4.90 Å². The van der Waals surface area contributed by atoms with Crippen LogP contribution in [-0.2, 0) is 11.2 Å². The number of amides is 1. The fourth-order valence-corrected chi connectivity index (χ4v) is 4.10. The van der Waals surface area contributed by atoms with Crippen molar-refractivity contribution >= 4 is 52.2 Å². The summed E-state index contributed by atoms with van der Waals surface area (Å²) in [5, 5.41) is 9.67. The molecule has 0 bridgehead atoms. The number of hydrogen-bond donors (Lipinski definition) is 0. The Bertz CT molecular complexity index is 943. The van der Waals surface area contributed by atoms with Crippen molar-refractivity contribution in [1.29, 1.82) is 0 Å². The van der Waals surface area contributed by atoms with Crippen LogP contribution >= 0.6 is 35.0 Å². The predicted molar refractivity (Wildman–Crippen MR) is 96.2 cm³/mol. The van der Waals surface area contributed by atoms with Crippen molar-refractivity contribution in [2.75, 3.05) is 17.2 Å². The van der Waals surface area contributed by atoms with Crippen molar-refractivity contribution in [3.63, 3.8) is 0 Å². The zero-order chi connectivity index (χ0) is 16.7. The number of fused-ring (bicyclic) bond motifs is 2. The lowest BCUT2D eigenvalue weighted by Gasteiger charge is -2.16. The Hall–Kier alpha value is -1.76. The molecule has 1 aromatic carbocycles. The summed E-state index contributed by atoms with van der Waals surface area (Å²) in [6.45, 7) is 0.719. The Morgan fingerprint density at radius 3 is 2.96 bits per heavy atom. The van der Waals surface area contributed by atoms with Gasteiger partial charge in [0.25, 0.3) is 0 Å². The summed E-state index contributed by atoms with van der Waals surface area (Å²) in [4.78, 5) is 14.4. The molecule has 0 atom stereocenters. The van der Waals surface area contributed by atoms with E-state index in [0.717, 1.165) is 18.7 Å². The summed E-state index contributed by atoms with van der Waals surface area (Å²) >= 11 is 13.5. The first-order valence-electron chi connectivity index (χ1n) is 7.34. The second-order valence-electron chi connectivity index (χ2n) is 5.40. The zero-order valence-corrected chi connectivity index (χ0v) is 14.8. The Morgan fingerprint density at radius 1 is 1.25 bits per heavy atom. The number of rotatable bonds is 3. The lowest BCUT2D eigenvalue weighted by Crippen LogP contribution is -2.30. The maximum Gasteiger partial charge on any atom is 0.237 e. The number of carbonyl (C=O) groups excluding carboxylic acids is 1. The van der Waals surface area contributed by atoms with Crippen LogP contribution in [0.2, 0.25) is 10.0 Å². The Morgan fingerprint density at radius 2 is 2.08 bits per heavy atom. The van der Waals surface area contributed by atoms with Gasteiger partial charge in [-0.05, 0) is 24.1 Å². The number of halogens is 2. The molecule has 0 saturated heterocycles. The monoisotopic (exact) mass is 378 g/mol. The van der Waals surface area contributed by atoms with Crippen LogP contribution in [-0.4, -0.2) is 32.8 Å².